The van der Waals surface area contributed by atoms with Gasteiger partial charge in [-0.1, -0.05) is 18.2 Å². The number of nitrogens with zero attached hydrogens (tertiary/aromatic N) is 2. The van der Waals surface area contributed by atoms with Gasteiger partial charge in [0.1, 0.15) is 5.75 Å². The molecule has 0 spiro atoms. The smallest absolute Gasteiger partial charge is 0.251 e. The second kappa shape index (κ2) is 8.48. The Morgan fingerprint density at radius 1 is 1.12 bits per heavy atom. The van der Waals surface area contributed by atoms with E-state index in [4.69, 9.17) is 4.74 Å². The molecule has 1 N–H and O–H groups in total. The molecule has 0 radical (unpaired) electrons. The van der Waals surface area contributed by atoms with Gasteiger partial charge >= 0.3 is 0 Å². The Kier molecular flexibility index (Phi) is 5.85. The number of amides is 1. The number of ether oxygens (including phenoxy) is 1. The van der Waals surface area contributed by atoms with Crippen molar-refractivity contribution in [2.24, 2.45) is 0 Å². The molecule has 0 saturated carbocycles. The number of carbonyl (C=O) groups excluding carboxylic acids is 1. The number of aromatic nitrogens is 2. The number of benzene rings is 2. The summed E-state index contributed by atoms with van der Waals surface area (Å²) in [7, 11) is 0. The number of para-hydroxylation sites is 1. The Morgan fingerprint density at radius 3 is 2.56 bits per heavy atom. The molecule has 1 aromatic heterocycles. The first-order valence-corrected chi connectivity index (χ1v) is 8.78. The van der Waals surface area contributed by atoms with E-state index in [1.807, 2.05) is 48.7 Å². The number of hydrogen-bond acceptors (Lipinski definition) is 3. The van der Waals surface area contributed by atoms with Crippen LogP contribution in [-0.2, 0) is 0 Å². The van der Waals surface area contributed by atoms with Crippen LogP contribution in [0.1, 0.15) is 16.8 Å². The zero-order valence-corrected chi connectivity index (χ0v) is 15.1. The fourth-order valence-electron chi connectivity index (χ4n) is 2.29. The summed E-state index contributed by atoms with van der Waals surface area (Å²) in [5.74, 6) is 0.752. The van der Waals surface area contributed by atoms with Gasteiger partial charge in [-0.3, -0.25) is 4.79 Å². The van der Waals surface area contributed by atoms with E-state index in [2.05, 4.69) is 26.3 Å². The number of halogens is 1. The zero-order chi connectivity index (χ0) is 17.5. The maximum absolute atomic E-state index is 12.1. The van der Waals surface area contributed by atoms with Gasteiger partial charge in [0.25, 0.3) is 5.91 Å². The van der Waals surface area contributed by atoms with E-state index in [0.29, 0.717) is 18.7 Å². The van der Waals surface area contributed by atoms with Gasteiger partial charge in [0.05, 0.1) is 23.0 Å². The summed E-state index contributed by atoms with van der Waals surface area (Å²) in [6.45, 7) is 1.14. The highest BCUT2D eigenvalue weighted by Gasteiger charge is 2.06. The molecule has 3 rings (SSSR count). The van der Waals surface area contributed by atoms with Gasteiger partial charge in [-0.2, -0.15) is 5.10 Å². The Bertz CT molecular complexity index is 816. The molecule has 0 aliphatic heterocycles. The van der Waals surface area contributed by atoms with Crippen LogP contribution in [0.3, 0.4) is 0 Å². The highest BCUT2D eigenvalue weighted by Crippen LogP contribution is 2.13. The third-order valence-electron chi connectivity index (χ3n) is 3.56. The van der Waals surface area contributed by atoms with Crippen LogP contribution in [0, 0.1) is 0 Å². The molecule has 0 atom stereocenters. The topological polar surface area (TPSA) is 56.1 Å². The van der Waals surface area contributed by atoms with Crippen molar-refractivity contribution in [2.45, 2.75) is 6.42 Å². The molecule has 0 saturated heterocycles. The Labute approximate surface area is 154 Å². The van der Waals surface area contributed by atoms with Crippen LogP contribution in [0.2, 0.25) is 0 Å². The Morgan fingerprint density at radius 2 is 1.88 bits per heavy atom. The monoisotopic (exact) mass is 399 g/mol. The van der Waals surface area contributed by atoms with E-state index in [1.54, 1.807) is 23.0 Å². The summed E-state index contributed by atoms with van der Waals surface area (Å²) in [4.78, 5) is 12.1. The first kappa shape index (κ1) is 17.2. The largest absolute Gasteiger partial charge is 0.494 e. The van der Waals surface area contributed by atoms with Crippen LogP contribution >= 0.6 is 15.9 Å². The SMILES string of the molecule is O=C(NCCCOc1ccccc1)c1ccc(-n2cc(Br)cn2)cc1. The van der Waals surface area contributed by atoms with Gasteiger partial charge in [0.2, 0.25) is 0 Å². The summed E-state index contributed by atoms with van der Waals surface area (Å²) < 4.78 is 8.25. The maximum Gasteiger partial charge on any atom is 0.251 e. The zero-order valence-electron chi connectivity index (χ0n) is 13.6. The maximum atomic E-state index is 12.1. The molecule has 1 heterocycles. The van der Waals surface area contributed by atoms with Crippen molar-refractivity contribution >= 4 is 21.8 Å². The lowest BCUT2D eigenvalue weighted by Gasteiger charge is -2.08. The highest BCUT2D eigenvalue weighted by molar-refractivity contribution is 9.10. The van der Waals surface area contributed by atoms with Gasteiger partial charge in [-0.05, 0) is 58.7 Å². The molecule has 0 unspecified atom stereocenters. The van der Waals surface area contributed by atoms with Crippen LogP contribution < -0.4 is 10.1 Å². The second-order valence-electron chi connectivity index (χ2n) is 5.42. The molecular formula is C19H18BrN3O2. The molecule has 25 heavy (non-hydrogen) atoms. The van der Waals surface area contributed by atoms with Crippen molar-refractivity contribution in [1.29, 1.82) is 0 Å². The highest BCUT2D eigenvalue weighted by atomic mass is 79.9. The molecule has 0 aliphatic rings. The van der Waals surface area contributed by atoms with E-state index >= 15 is 0 Å². The quantitative estimate of drug-likeness (QED) is 0.614. The van der Waals surface area contributed by atoms with Crippen molar-refractivity contribution in [3.8, 4) is 11.4 Å². The van der Waals surface area contributed by atoms with E-state index in [1.165, 1.54) is 0 Å². The van der Waals surface area contributed by atoms with Gasteiger partial charge in [-0.15, -0.1) is 0 Å². The molecule has 128 valence electrons. The van der Waals surface area contributed by atoms with Crippen molar-refractivity contribution in [3.63, 3.8) is 0 Å². The number of hydrogen-bond donors (Lipinski definition) is 1. The van der Waals surface area contributed by atoms with Gasteiger partial charge < -0.3 is 10.1 Å². The van der Waals surface area contributed by atoms with Crippen molar-refractivity contribution in [2.75, 3.05) is 13.2 Å². The van der Waals surface area contributed by atoms with Gasteiger partial charge in [0.15, 0.2) is 0 Å². The molecule has 3 aromatic rings. The Balaban J connectivity index is 1.43. The molecule has 2 aromatic carbocycles. The molecule has 0 bridgehead atoms. The third-order valence-corrected chi connectivity index (χ3v) is 3.97. The van der Waals surface area contributed by atoms with Crippen molar-refractivity contribution in [3.05, 3.63) is 77.0 Å². The van der Waals surface area contributed by atoms with E-state index in [9.17, 15) is 4.79 Å². The van der Waals surface area contributed by atoms with Crippen LogP contribution in [0.5, 0.6) is 5.75 Å². The average Bonchev–Trinajstić information content (AvgIpc) is 3.09. The predicted octanol–water partition coefficient (Wildman–Crippen LogP) is 3.83. The van der Waals surface area contributed by atoms with Gasteiger partial charge in [-0.25, -0.2) is 4.68 Å². The average molecular weight is 400 g/mol. The minimum Gasteiger partial charge on any atom is -0.494 e. The van der Waals surface area contributed by atoms with Crippen LogP contribution in [0.25, 0.3) is 5.69 Å². The molecule has 5 nitrogen and oxygen atoms in total. The number of nitrogens with one attached hydrogen (secondary N) is 1. The minimum absolute atomic E-state index is 0.0899. The van der Waals surface area contributed by atoms with E-state index in [-0.39, 0.29) is 5.91 Å². The van der Waals surface area contributed by atoms with Crippen molar-refractivity contribution in [1.82, 2.24) is 15.1 Å². The second-order valence-corrected chi connectivity index (χ2v) is 6.34. The number of carbonyl (C=O) groups is 1. The third kappa shape index (κ3) is 4.93. The lowest BCUT2D eigenvalue weighted by atomic mass is 10.2. The van der Waals surface area contributed by atoms with E-state index < -0.39 is 0 Å². The van der Waals surface area contributed by atoms with Crippen LogP contribution in [0.15, 0.2) is 71.5 Å². The fourth-order valence-corrected chi connectivity index (χ4v) is 2.58. The standard InChI is InChI=1S/C19H18BrN3O2/c20-16-13-22-23(14-16)17-9-7-15(8-10-17)19(24)21-11-4-12-25-18-5-2-1-3-6-18/h1-3,5-10,13-14H,4,11-12H2,(H,21,24). The summed E-state index contributed by atoms with van der Waals surface area (Å²) in [6, 6.07) is 17.0. The lowest BCUT2D eigenvalue weighted by molar-refractivity contribution is 0.0951. The van der Waals surface area contributed by atoms with Gasteiger partial charge in [0, 0.05) is 18.3 Å². The Hall–Kier alpha value is -2.60. The van der Waals surface area contributed by atoms with Crippen LogP contribution in [-0.4, -0.2) is 28.8 Å². The summed E-state index contributed by atoms with van der Waals surface area (Å²) in [6.07, 6.45) is 4.33. The lowest BCUT2D eigenvalue weighted by Crippen LogP contribution is -2.25. The molecule has 0 fully saturated rings. The minimum atomic E-state index is -0.0899. The van der Waals surface area contributed by atoms with Crippen molar-refractivity contribution < 1.29 is 9.53 Å². The molecule has 6 heteroatoms. The fraction of sp³-hybridized carbons (Fsp3) is 0.158. The molecular weight excluding hydrogens is 382 g/mol. The first-order chi connectivity index (χ1) is 12.2. The summed E-state index contributed by atoms with van der Waals surface area (Å²) in [5.41, 5.74) is 1.53. The predicted molar refractivity (Wildman–Crippen MR) is 100 cm³/mol. The molecule has 0 aliphatic carbocycles. The number of rotatable bonds is 7. The van der Waals surface area contributed by atoms with Crippen LogP contribution in [0.4, 0.5) is 0 Å². The summed E-state index contributed by atoms with van der Waals surface area (Å²) >= 11 is 3.37. The first-order valence-electron chi connectivity index (χ1n) is 7.99. The normalized spacial score (nSPS) is 10.4. The van der Waals surface area contributed by atoms with E-state index in [0.717, 1.165) is 22.3 Å². The molecule has 1 amide bonds. The summed E-state index contributed by atoms with van der Waals surface area (Å²) in [5, 5.41) is 7.11.